The molecule has 2 aromatic rings. The van der Waals surface area contributed by atoms with Crippen molar-refractivity contribution in [1.29, 1.82) is 0 Å². The molecule has 2 rings (SSSR count). The number of hydrogen-bond acceptors (Lipinski definition) is 4. The van der Waals surface area contributed by atoms with E-state index in [1.165, 1.54) is 0 Å². The van der Waals surface area contributed by atoms with Crippen LogP contribution >= 0.6 is 12.6 Å². The summed E-state index contributed by atoms with van der Waals surface area (Å²) in [6.07, 6.45) is 1.53. The predicted molar refractivity (Wildman–Crippen MR) is 89.7 cm³/mol. The molecule has 0 bridgehead atoms. The molecule has 0 spiro atoms. The summed E-state index contributed by atoms with van der Waals surface area (Å²) in [7, 11) is 0. The van der Waals surface area contributed by atoms with Crippen molar-refractivity contribution in [3.8, 4) is 0 Å². The van der Waals surface area contributed by atoms with Crippen LogP contribution < -0.4 is 0 Å². The first-order valence-corrected chi connectivity index (χ1v) is 7.34. The Kier molecular flexibility index (Phi) is 5.17. The minimum atomic E-state index is -0.338. The van der Waals surface area contributed by atoms with Crippen molar-refractivity contribution in [2.24, 2.45) is 0 Å². The lowest BCUT2D eigenvalue weighted by molar-refractivity contribution is 0.0987. The number of ketones is 2. The number of thiol groups is 1. The number of aliphatic hydroxyl groups excluding tert-OH is 1. The van der Waals surface area contributed by atoms with Crippen molar-refractivity contribution in [2.45, 2.75) is 18.2 Å². The lowest BCUT2D eigenvalue weighted by Gasteiger charge is -2.04. The van der Waals surface area contributed by atoms with Gasteiger partial charge in [-0.2, -0.15) is 0 Å². The molecular weight excluding hydrogens is 296 g/mol. The van der Waals surface area contributed by atoms with Gasteiger partial charge in [0.05, 0.1) is 0 Å². The molecule has 0 heterocycles. The molecule has 112 valence electrons. The summed E-state index contributed by atoms with van der Waals surface area (Å²) in [5.74, 6) is -0.524. The summed E-state index contributed by atoms with van der Waals surface area (Å²) < 4.78 is 0. The molecule has 4 heteroatoms. The van der Waals surface area contributed by atoms with Gasteiger partial charge >= 0.3 is 0 Å². The van der Waals surface area contributed by atoms with E-state index < -0.39 is 0 Å². The minimum Gasteiger partial charge on any atom is -0.507 e. The first kappa shape index (κ1) is 16.0. The summed E-state index contributed by atoms with van der Waals surface area (Å²) in [4.78, 5) is 24.4. The van der Waals surface area contributed by atoms with Crippen LogP contribution in [0.1, 0.15) is 39.6 Å². The van der Waals surface area contributed by atoms with Crippen LogP contribution in [-0.4, -0.2) is 16.7 Å². The van der Waals surface area contributed by atoms with Crippen molar-refractivity contribution < 1.29 is 14.7 Å². The van der Waals surface area contributed by atoms with Crippen LogP contribution in [0.2, 0.25) is 0 Å². The first-order chi connectivity index (χ1) is 10.5. The maximum Gasteiger partial charge on any atom is 0.190 e. The van der Waals surface area contributed by atoms with Gasteiger partial charge in [-0.1, -0.05) is 37.3 Å². The summed E-state index contributed by atoms with van der Waals surface area (Å²) in [6, 6.07) is 13.5. The predicted octanol–water partition coefficient (Wildman–Crippen LogP) is 4.35. The Balaban J connectivity index is 2.31. The molecule has 0 aromatic heterocycles. The number of Topliss-reactive ketones (excluding diaryl/α,β-unsaturated/α-hetero) is 1. The third-order valence-electron chi connectivity index (χ3n) is 3.24. The SMILES string of the molecule is CCC(=O)c1cccc(C(O)=CC(=O)c2ccccc2S)c1. The summed E-state index contributed by atoms with van der Waals surface area (Å²) in [5.41, 5.74) is 1.37. The van der Waals surface area contributed by atoms with Gasteiger partial charge in [-0.25, -0.2) is 0 Å². The Labute approximate surface area is 134 Å². The molecule has 0 atom stereocenters. The van der Waals surface area contributed by atoms with Gasteiger partial charge in [-0.3, -0.25) is 9.59 Å². The molecule has 0 unspecified atom stereocenters. The number of aliphatic hydroxyl groups is 1. The maximum atomic E-state index is 12.2. The van der Waals surface area contributed by atoms with Crippen molar-refractivity contribution in [1.82, 2.24) is 0 Å². The Morgan fingerprint density at radius 1 is 1.09 bits per heavy atom. The van der Waals surface area contributed by atoms with Crippen LogP contribution in [0.15, 0.2) is 59.5 Å². The van der Waals surface area contributed by atoms with Crippen LogP contribution in [0.3, 0.4) is 0 Å². The molecule has 0 aliphatic carbocycles. The number of benzene rings is 2. The zero-order valence-electron chi connectivity index (χ0n) is 12.1. The molecule has 0 radical (unpaired) electrons. The van der Waals surface area contributed by atoms with Gasteiger partial charge in [0.15, 0.2) is 11.6 Å². The van der Waals surface area contributed by atoms with Gasteiger partial charge in [0, 0.05) is 34.1 Å². The lowest BCUT2D eigenvalue weighted by Crippen LogP contribution is -2.00. The highest BCUT2D eigenvalue weighted by molar-refractivity contribution is 7.80. The molecule has 0 saturated heterocycles. The van der Waals surface area contributed by atoms with Crippen molar-refractivity contribution in [3.63, 3.8) is 0 Å². The molecule has 0 aliphatic rings. The van der Waals surface area contributed by atoms with E-state index >= 15 is 0 Å². The molecule has 2 aromatic carbocycles. The van der Waals surface area contributed by atoms with E-state index in [9.17, 15) is 14.7 Å². The molecule has 0 saturated carbocycles. The van der Waals surface area contributed by atoms with Crippen LogP contribution in [-0.2, 0) is 0 Å². The van der Waals surface area contributed by atoms with Gasteiger partial charge < -0.3 is 5.11 Å². The molecule has 3 nitrogen and oxygen atoms in total. The Morgan fingerprint density at radius 3 is 2.45 bits per heavy atom. The number of allylic oxidation sites excluding steroid dienone is 1. The number of rotatable bonds is 5. The van der Waals surface area contributed by atoms with Crippen LogP contribution in [0.4, 0.5) is 0 Å². The summed E-state index contributed by atoms with van der Waals surface area (Å²) >= 11 is 4.23. The zero-order valence-corrected chi connectivity index (χ0v) is 13.0. The van der Waals surface area contributed by atoms with Crippen LogP contribution in [0.25, 0.3) is 5.76 Å². The number of hydrogen-bond donors (Lipinski definition) is 2. The van der Waals surface area contributed by atoms with Crippen molar-refractivity contribution in [3.05, 3.63) is 71.3 Å². The molecule has 1 N–H and O–H groups in total. The second kappa shape index (κ2) is 7.09. The standard InChI is InChI=1S/C18H16O3S/c1-2-15(19)12-6-5-7-13(10-12)16(20)11-17(21)14-8-3-4-9-18(14)22/h3-11,20,22H,2H2,1H3. The fraction of sp³-hybridized carbons (Fsp3) is 0.111. The quantitative estimate of drug-likeness (QED) is 0.373. The monoisotopic (exact) mass is 312 g/mol. The minimum absolute atomic E-state index is 0.0123. The van der Waals surface area contributed by atoms with Crippen molar-refractivity contribution in [2.75, 3.05) is 0 Å². The van der Waals surface area contributed by atoms with Crippen LogP contribution in [0, 0.1) is 0 Å². The normalized spacial score (nSPS) is 11.3. The number of carbonyl (C=O) groups is 2. The van der Waals surface area contributed by atoms with E-state index in [1.807, 2.05) is 0 Å². The van der Waals surface area contributed by atoms with Crippen LogP contribution in [0.5, 0.6) is 0 Å². The third kappa shape index (κ3) is 3.65. The highest BCUT2D eigenvalue weighted by Crippen LogP contribution is 2.18. The largest absolute Gasteiger partial charge is 0.507 e. The Hall–Kier alpha value is -2.33. The highest BCUT2D eigenvalue weighted by atomic mass is 32.1. The van der Waals surface area contributed by atoms with E-state index in [2.05, 4.69) is 12.6 Å². The highest BCUT2D eigenvalue weighted by Gasteiger charge is 2.10. The first-order valence-electron chi connectivity index (χ1n) is 6.89. The van der Waals surface area contributed by atoms with E-state index in [0.29, 0.717) is 28.0 Å². The summed E-state index contributed by atoms with van der Waals surface area (Å²) in [5, 5.41) is 10.1. The van der Waals surface area contributed by atoms with E-state index in [-0.39, 0.29) is 17.3 Å². The second-order valence-electron chi connectivity index (χ2n) is 4.77. The van der Waals surface area contributed by atoms with Gasteiger partial charge in [0.2, 0.25) is 0 Å². The fourth-order valence-corrected chi connectivity index (χ4v) is 2.29. The second-order valence-corrected chi connectivity index (χ2v) is 5.25. The average Bonchev–Trinajstić information content (AvgIpc) is 2.54. The number of carbonyl (C=O) groups excluding carboxylic acids is 2. The van der Waals surface area contributed by atoms with Gasteiger partial charge in [-0.05, 0) is 18.2 Å². The van der Waals surface area contributed by atoms with E-state index in [0.717, 1.165) is 6.08 Å². The summed E-state index contributed by atoms with van der Waals surface area (Å²) in [6.45, 7) is 1.78. The third-order valence-corrected chi connectivity index (χ3v) is 3.63. The van der Waals surface area contributed by atoms with Gasteiger partial charge in [0.1, 0.15) is 5.76 Å². The average molecular weight is 312 g/mol. The smallest absolute Gasteiger partial charge is 0.190 e. The molecule has 0 amide bonds. The fourth-order valence-electron chi connectivity index (χ4n) is 2.02. The van der Waals surface area contributed by atoms with E-state index in [4.69, 9.17) is 0 Å². The van der Waals surface area contributed by atoms with Gasteiger partial charge in [-0.15, -0.1) is 12.6 Å². The Morgan fingerprint density at radius 2 is 1.77 bits per heavy atom. The molecule has 22 heavy (non-hydrogen) atoms. The zero-order chi connectivity index (χ0) is 16.1. The van der Waals surface area contributed by atoms with E-state index in [1.54, 1.807) is 55.5 Å². The molecule has 0 fully saturated rings. The molecular formula is C18H16O3S. The Bertz CT molecular complexity index is 748. The lowest BCUT2D eigenvalue weighted by atomic mass is 10.0. The topological polar surface area (TPSA) is 54.4 Å². The maximum absolute atomic E-state index is 12.2. The van der Waals surface area contributed by atoms with Gasteiger partial charge in [0.25, 0.3) is 0 Å². The molecule has 0 aliphatic heterocycles. The van der Waals surface area contributed by atoms with Crippen molar-refractivity contribution >= 4 is 30.0 Å².